The molecule has 0 aromatic heterocycles. The molecule has 2 amide bonds. The summed E-state index contributed by atoms with van der Waals surface area (Å²) in [6, 6.07) is 12.5. The van der Waals surface area contributed by atoms with Crippen molar-refractivity contribution in [2.45, 2.75) is 20.4 Å². The predicted molar refractivity (Wildman–Crippen MR) is 119 cm³/mol. The number of benzene rings is 2. The number of likely N-dealkylation sites (N-methyl/N-ethyl adjacent to an activating group) is 1. The number of hydrogen-bond acceptors (Lipinski definition) is 2. The lowest BCUT2D eigenvalue weighted by Crippen LogP contribution is -3.28. The molecule has 2 aromatic rings. The van der Waals surface area contributed by atoms with E-state index in [2.05, 4.69) is 5.32 Å². The quantitative estimate of drug-likeness (QED) is 0.573. The van der Waals surface area contributed by atoms with Gasteiger partial charge in [0.05, 0.1) is 0 Å². The molecule has 0 radical (unpaired) electrons. The molecule has 0 bridgehead atoms. The molecule has 6 nitrogen and oxygen atoms in total. The monoisotopic (exact) mass is 428 g/mol. The van der Waals surface area contributed by atoms with E-state index in [0.717, 1.165) is 43.0 Å². The van der Waals surface area contributed by atoms with E-state index in [9.17, 15) is 14.0 Å². The Labute approximate surface area is 183 Å². The topological polar surface area (TPSA) is 58.3 Å². The Morgan fingerprint density at radius 1 is 0.935 bits per heavy atom. The van der Waals surface area contributed by atoms with Crippen molar-refractivity contribution in [3.63, 3.8) is 0 Å². The zero-order valence-electron chi connectivity index (χ0n) is 18.6. The normalized spacial score (nSPS) is 18.5. The molecule has 1 fully saturated rings. The van der Waals surface area contributed by atoms with Crippen LogP contribution in [0.1, 0.15) is 16.7 Å². The van der Waals surface area contributed by atoms with Gasteiger partial charge in [-0.2, -0.15) is 0 Å². The molecule has 31 heavy (non-hydrogen) atoms. The zero-order valence-corrected chi connectivity index (χ0v) is 18.6. The number of para-hydroxylation sites is 1. The molecule has 0 aliphatic carbocycles. The van der Waals surface area contributed by atoms with Gasteiger partial charge in [0.25, 0.3) is 11.8 Å². The molecular weight excluding hydrogens is 395 g/mol. The Bertz CT molecular complexity index is 905. The molecule has 0 saturated carbocycles. The van der Waals surface area contributed by atoms with Crippen LogP contribution in [0.15, 0.2) is 42.5 Å². The lowest BCUT2D eigenvalue weighted by atomic mass is 10.1. The van der Waals surface area contributed by atoms with Crippen LogP contribution in [-0.4, -0.2) is 63.0 Å². The van der Waals surface area contributed by atoms with E-state index in [4.69, 9.17) is 0 Å². The van der Waals surface area contributed by atoms with E-state index in [0.29, 0.717) is 18.7 Å². The molecule has 1 heterocycles. The Hall–Kier alpha value is -2.77. The second-order valence-electron chi connectivity index (χ2n) is 8.51. The number of carbonyl (C=O) groups is 2. The van der Waals surface area contributed by atoms with Crippen molar-refractivity contribution < 1.29 is 23.8 Å². The van der Waals surface area contributed by atoms with Crippen molar-refractivity contribution in [1.82, 2.24) is 4.90 Å². The molecular formula is C24H33FN4O2+2. The average Bonchev–Trinajstić information content (AvgIpc) is 2.74. The predicted octanol–water partition coefficient (Wildman–Crippen LogP) is -0.177. The van der Waals surface area contributed by atoms with Crippen LogP contribution in [0.5, 0.6) is 0 Å². The molecule has 3 N–H and O–H groups in total. The highest BCUT2D eigenvalue weighted by Crippen LogP contribution is 2.18. The number of nitrogens with zero attached hydrogens (tertiary/aromatic N) is 1. The van der Waals surface area contributed by atoms with Gasteiger partial charge >= 0.3 is 0 Å². The Balaban J connectivity index is 1.42. The minimum absolute atomic E-state index is 0.00877. The van der Waals surface area contributed by atoms with Gasteiger partial charge in [-0.05, 0) is 31.0 Å². The maximum absolute atomic E-state index is 13.8. The minimum atomic E-state index is -0.286. The van der Waals surface area contributed by atoms with E-state index < -0.39 is 0 Å². The number of hydrogen-bond donors (Lipinski definition) is 3. The van der Waals surface area contributed by atoms with E-state index in [1.807, 2.05) is 32.0 Å². The number of anilines is 1. The van der Waals surface area contributed by atoms with Crippen LogP contribution in [0, 0.1) is 19.7 Å². The van der Waals surface area contributed by atoms with Crippen LogP contribution in [0.25, 0.3) is 0 Å². The molecule has 0 atom stereocenters. The largest absolute Gasteiger partial charge is 0.336 e. The molecule has 7 heteroatoms. The van der Waals surface area contributed by atoms with Crippen molar-refractivity contribution in [3.8, 4) is 0 Å². The Morgan fingerprint density at radius 2 is 1.52 bits per heavy atom. The Kier molecular flexibility index (Phi) is 7.76. The first-order chi connectivity index (χ1) is 14.8. The number of piperazine rings is 1. The molecule has 0 spiro atoms. The number of aryl methyl sites for hydroxylation is 2. The molecule has 3 rings (SSSR count). The van der Waals surface area contributed by atoms with Crippen LogP contribution >= 0.6 is 0 Å². The second kappa shape index (κ2) is 10.5. The number of nitrogens with one attached hydrogen (secondary N) is 3. The summed E-state index contributed by atoms with van der Waals surface area (Å²) in [5.74, 6) is -0.253. The van der Waals surface area contributed by atoms with Crippen LogP contribution < -0.4 is 15.1 Å². The van der Waals surface area contributed by atoms with Gasteiger partial charge in [-0.15, -0.1) is 0 Å². The van der Waals surface area contributed by atoms with Crippen molar-refractivity contribution in [1.29, 1.82) is 0 Å². The zero-order chi connectivity index (χ0) is 22.4. The SMILES string of the molecule is Cc1cccc(C)c1NC(=O)C[NH+]1CC[NH+](CC(=O)N(C)Cc2ccccc2F)CC1. The fraction of sp³-hybridized carbons (Fsp3) is 0.417. The van der Waals surface area contributed by atoms with Gasteiger partial charge in [0.15, 0.2) is 13.1 Å². The number of carbonyl (C=O) groups excluding carboxylic acids is 2. The van der Waals surface area contributed by atoms with E-state index in [1.165, 1.54) is 15.9 Å². The van der Waals surface area contributed by atoms with Crippen LogP contribution in [0.3, 0.4) is 0 Å². The maximum atomic E-state index is 13.8. The van der Waals surface area contributed by atoms with Gasteiger partial charge in [0, 0.05) is 24.8 Å². The van der Waals surface area contributed by atoms with Gasteiger partial charge in [-0.3, -0.25) is 9.59 Å². The van der Waals surface area contributed by atoms with Gasteiger partial charge in [0.2, 0.25) is 0 Å². The van der Waals surface area contributed by atoms with E-state index in [1.54, 1.807) is 30.1 Å². The van der Waals surface area contributed by atoms with Gasteiger partial charge in [0.1, 0.15) is 32.0 Å². The van der Waals surface area contributed by atoms with Gasteiger partial charge in [-0.1, -0.05) is 36.4 Å². The summed E-state index contributed by atoms with van der Waals surface area (Å²) in [4.78, 5) is 29.1. The number of rotatable bonds is 7. The average molecular weight is 429 g/mol. The smallest absolute Gasteiger partial charge is 0.279 e. The summed E-state index contributed by atoms with van der Waals surface area (Å²) in [5, 5.41) is 3.05. The molecule has 0 unspecified atom stereocenters. The fourth-order valence-electron chi connectivity index (χ4n) is 4.05. The first kappa shape index (κ1) is 22.9. The summed E-state index contributed by atoms with van der Waals surface area (Å²) in [7, 11) is 1.72. The minimum Gasteiger partial charge on any atom is -0.336 e. The summed E-state index contributed by atoms with van der Waals surface area (Å²) in [6.45, 7) is 8.47. The lowest BCUT2D eigenvalue weighted by molar-refractivity contribution is -1.00. The van der Waals surface area contributed by atoms with Crippen molar-refractivity contribution >= 4 is 17.5 Å². The first-order valence-corrected chi connectivity index (χ1v) is 10.8. The fourth-order valence-corrected chi connectivity index (χ4v) is 4.05. The van der Waals surface area contributed by atoms with Crippen LogP contribution in [0.4, 0.5) is 10.1 Å². The number of quaternary nitrogens is 2. The van der Waals surface area contributed by atoms with Gasteiger partial charge < -0.3 is 20.0 Å². The standard InChI is InChI=1S/C24H31FN4O2/c1-18-7-6-8-19(2)24(18)26-22(30)16-28-11-13-29(14-12-28)17-23(31)27(3)15-20-9-4-5-10-21(20)25/h4-10H,11-17H2,1-3H3,(H,26,30)/p+2. The third-order valence-corrected chi connectivity index (χ3v) is 6.01. The Morgan fingerprint density at radius 3 is 2.13 bits per heavy atom. The summed E-state index contributed by atoms with van der Waals surface area (Å²) >= 11 is 0. The van der Waals surface area contributed by atoms with E-state index >= 15 is 0 Å². The number of amides is 2. The molecule has 2 aromatic carbocycles. The molecule has 1 saturated heterocycles. The molecule has 1 aliphatic rings. The third-order valence-electron chi connectivity index (χ3n) is 6.01. The van der Waals surface area contributed by atoms with Crippen molar-refractivity contribution in [2.24, 2.45) is 0 Å². The summed E-state index contributed by atoms with van der Waals surface area (Å²) in [6.07, 6.45) is 0. The van der Waals surface area contributed by atoms with Crippen LogP contribution in [-0.2, 0) is 16.1 Å². The van der Waals surface area contributed by atoms with Crippen molar-refractivity contribution in [3.05, 3.63) is 65.0 Å². The summed E-state index contributed by atoms with van der Waals surface area (Å²) < 4.78 is 13.8. The number of halogens is 1. The van der Waals surface area contributed by atoms with E-state index in [-0.39, 0.29) is 24.2 Å². The lowest BCUT2D eigenvalue weighted by Gasteiger charge is -2.30. The highest BCUT2D eigenvalue weighted by molar-refractivity contribution is 5.93. The van der Waals surface area contributed by atoms with Crippen LogP contribution in [0.2, 0.25) is 0 Å². The van der Waals surface area contributed by atoms with Gasteiger partial charge in [-0.25, -0.2) is 4.39 Å². The molecule has 1 aliphatic heterocycles. The third kappa shape index (κ3) is 6.35. The maximum Gasteiger partial charge on any atom is 0.279 e. The first-order valence-electron chi connectivity index (χ1n) is 10.8. The second-order valence-corrected chi connectivity index (χ2v) is 8.51. The highest BCUT2D eigenvalue weighted by atomic mass is 19.1. The highest BCUT2D eigenvalue weighted by Gasteiger charge is 2.27. The summed E-state index contributed by atoms with van der Waals surface area (Å²) in [5.41, 5.74) is 3.56. The van der Waals surface area contributed by atoms with Crippen molar-refractivity contribution in [2.75, 3.05) is 51.6 Å². The molecule has 166 valence electrons.